The highest BCUT2D eigenvalue weighted by Gasteiger charge is 2.30. The molecule has 0 bridgehead atoms. The zero-order valence-electron chi connectivity index (χ0n) is 9.29. The summed E-state index contributed by atoms with van der Waals surface area (Å²) in [6, 6.07) is 4.29. The van der Waals surface area contributed by atoms with E-state index in [2.05, 4.69) is 0 Å². The third-order valence-corrected chi connectivity index (χ3v) is 2.83. The highest BCUT2D eigenvalue weighted by atomic mass is 19.1. The van der Waals surface area contributed by atoms with Gasteiger partial charge in [0, 0.05) is 18.7 Å². The van der Waals surface area contributed by atoms with Crippen LogP contribution in [0.25, 0.3) is 0 Å². The lowest BCUT2D eigenvalue weighted by molar-refractivity contribution is 0.584. The van der Waals surface area contributed by atoms with E-state index in [1.807, 2.05) is 11.0 Å². The SMILES string of the molecule is N#CCCN(c1cc(F)cc(F)c1N)C1CC1. The Morgan fingerprint density at radius 2 is 2.12 bits per heavy atom. The van der Waals surface area contributed by atoms with Crippen molar-refractivity contribution in [3.63, 3.8) is 0 Å². The van der Waals surface area contributed by atoms with Crippen molar-refractivity contribution in [2.45, 2.75) is 25.3 Å². The van der Waals surface area contributed by atoms with Crippen LogP contribution in [0.2, 0.25) is 0 Å². The van der Waals surface area contributed by atoms with E-state index >= 15 is 0 Å². The fraction of sp³-hybridized carbons (Fsp3) is 0.417. The highest BCUT2D eigenvalue weighted by molar-refractivity contribution is 5.69. The van der Waals surface area contributed by atoms with Crippen molar-refractivity contribution in [3.8, 4) is 6.07 Å². The average Bonchev–Trinajstić information content (AvgIpc) is 3.09. The van der Waals surface area contributed by atoms with E-state index in [1.54, 1.807) is 0 Å². The van der Waals surface area contributed by atoms with Crippen molar-refractivity contribution in [2.75, 3.05) is 17.2 Å². The van der Waals surface area contributed by atoms with Crippen molar-refractivity contribution in [1.29, 1.82) is 5.26 Å². The van der Waals surface area contributed by atoms with Gasteiger partial charge in [0.1, 0.15) is 5.82 Å². The van der Waals surface area contributed by atoms with Crippen LogP contribution in [0.1, 0.15) is 19.3 Å². The van der Waals surface area contributed by atoms with Crippen molar-refractivity contribution in [2.24, 2.45) is 0 Å². The van der Waals surface area contributed by atoms with E-state index in [0.29, 0.717) is 18.7 Å². The predicted molar refractivity (Wildman–Crippen MR) is 61.4 cm³/mol. The first kappa shape index (κ1) is 11.6. The topological polar surface area (TPSA) is 53.0 Å². The Labute approximate surface area is 98.4 Å². The maximum atomic E-state index is 13.3. The molecule has 1 aliphatic carbocycles. The summed E-state index contributed by atoms with van der Waals surface area (Å²) in [7, 11) is 0. The lowest BCUT2D eigenvalue weighted by atomic mass is 10.2. The number of halogens is 2. The zero-order valence-corrected chi connectivity index (χ0v) is 9.29. The Kier molecular flexibility index (Phi) is 3.14. The van der Waals surface area contributed by atoms with Gasteiger partial charge in [0.2, 0.25) is 0 Å². The van der Waals surface area contributed by atoms with Crippen LogP contribution in [0.5, 0.6) is 0 Å². The Balaban J connectivity index is 2.32. The quantitative estimate of drug-likeness (QED) is 0.818. The number of hydrogen-bond acceptors (Lipinski definition) is 3. The molecule has 1 saturated carbocycles. The fourth-order valence-electron chi connectivity index (χ4n) is 1.87. The van der Waals surface area contributed by atoms with Crippen LogP contribution in [-0.2, 0) is 0 Å². The molecule has 3 nitrogen and oxygen atoms in total. The fourth-order valence-corrected chi connectivity index (χ4v) is 1.87. The number of nitrogens with two attached hydrogens (primary N) is 1. The van der Waals surface area contributed by atoms with Gasteiger partial charge in [-0.3, -0.25) is 0 Å². The van der Waals surface area contributed by atoms with Gasteiger partial charge in [-0.1, -0.05) is 0 Å². The summed E-state index contributed by atoms with van der Waals surface area (Å²) in [6.45, 7) is 0.453. The minimum Gasteiger partial charge on any atom is -0.395 e. The Morgan fingerprint density at radius 1 is 1.41 bits per heavy atom. The van der Waals surface area contributed by atoms with Gasteiger partial charge < -0.3 is 10.6 Å². The Hall–Kier alpha value is -1.83. The third-order valence-electron chi connectivity index (χ3n) is 2.83. The number of anilines is 2. The number of benzene rings is 1. The zero-order chi connectivity index (χ0) is 12.4. The highest BCUT2D eigenvalue weighted by Crippen LogP contribution is 2.36. The molecule has 0 aromatic heterocycles. The number of nitrogen functional groups attached to an aromatic ring is 1. The summed E-state index contributed by atoms with van der Waals surface area (Å²) in [5, 5.41) is 8.59. The van der Waals surface area contributed by atoms with E-state index in [-0.39, 0.29) is 11.7 Å². The molecule has 5 heteroatoms. The standard InChI is InChI=1S/C12H13F2N3/c13-8-6-10(14)12(16)11(7-8)17(5-1-4-15)9-2-3-9/h6-7,9H,1-3,5,16H2. The molecule has 0 amide bonds. The summed E-state index contributed by atoms with van der Waals surface area (Å²) in [5.74, 6) is -1.39. The summed E-state index contributed by atoms with van der Waals surface area (Å²) in [4.78, 5) is 1.82. The summed E-state index contributed by atoms with van der Waals surface area (Å²) in [6.07, 6.45) is 2.26. The predicted octanol–water partition coefficient (Wildman–Crippen LogP) is 2.43. The van der Waals surface area contributed by atoms with E-state index in [0.717, 1.165) is 18.9 Å². The van der Waals surface area contributed by atoms with Crippen LogP contribution in [-0.4, -0.2) is 12.6 Å². The molecule has 90 valence electrons. The minimum absolute atomic E-state index is 0.0451. The van der Waals surface area contributed by atoms with E-state index in [4.69, 9.17) is 11.0 Å². The molecule has 0 heterocycles. The van der Waals surface area contributed by atoms with E-state index in [9.17, 15) is 8.78 Å². The van der Waals surface area contributed by atoms with Crippen LogP contribution >= 0.6 is 0 Å². The minimum atomic E-state index is -0.748. The number of rotatable bonds is 4. The molecular weight excluding hydrogens is 224 g/mol. The normalized spacial score (nSPS) is 14.4. The van der Waals surface area contributed by atoms with E-state index < -0.39 is 11.6 Å². The molecule has 1 aromatic rings. The molecule has 0 spiro atoms. The molecule has 2 rings (SSSR count). The van der Waals surface area contributed by atoms with Gasteiger partial charge in [-0.25, -0.2) is 8.78 Å². The molecular formula is C12H13F2N3. The van der Waals surface area contributed by atoms with Crippen LogP contribution in [0.4, 0.5) is 20.2 Å². The summed E-state index contributed by atoms with van der Waals surface area (Å²) >= 11 is 0. The molecule has 2 N–H and O–H groups in total. The Bertz CT molecular complexity index is 464. The van der Waals surface area contributed by atoms with Crippen molar-refractivity contribution in [1.82, 2.24) is 0 Å². The maximum Gasteiger partial charge on any atom is 0.151 e. The molecule has 1 aliphatic rings. The molecule has 0 unspecified atom stereocenters. The van der Waals surface area contributed by atoms with Crippen molar-refractivity contribution >= 4 is 11.4 Å². The van der Waals surface area contributed by atoms with Gasteiger partial charge >= 0.3 is 0 Å². The molecule has 0 saturated heterocycles. The number of nitrogens with zero attached hydrogens (tertiary/aromatic N) is 2. The van der Waals surface area contributed by atoms with Gasteiger partial charge in [0.25, 0.3) is 0 Å². The third kappa shape index (κ3) is 2.47. The molecule has 1 aromatic carbocycles. The molecule has 17 heavy (non-hydrogen) atoms. The van der Waals surface area contributed by atoms with Gasteiger partial charge in [-0.15, -0.1) is 0 Å². The second kappa shape index (κ2) is 4.58. The second-order valence-corrected chi connectivity index (χ2v) is 4.15. The van der Waals surface area contributed by atoms with Gasteiger partial charge in [0.15, 0.2) is 5.82 Å². The monoisotopic (exact) mass is 237 g/mol. The molecule has 1 fully saturated rings. The summed E-state index contributed by atoms with van der Waals surface area (Å²) in [5.41, 5.74) is 5.94. The van der Waals surface area contributed by atoms with Crippen LogP contribution in [0.3, 0.4) is 0 Å². The molecule has 0 aliphatic heterocycles. The van der Waals surface area contributed by atoms with Crippen LogP contribution < -0.4 is 10.6 Å². The lowest BCUT2D eigenvalue weighted by Crippen LogP contribution is -2.28. The Morgan fingerprint density at radius 3 is 2.71 bits per heavy atom. The van der Waals surface area contributed by atoms with Crippen molar-refractivity contribution < 1.29 is 8.78 Å². The first-order valence-corrected chi connectivity index (χ1v) is 5.51. The second-order valence-electron chi connectivity index (χ2n) is 4.15. The van der Waals surface area contributed by atoms with Gasteiger partial charge in [0.05, 0.1) is 23.9 Å². The van der Waals surface area contributed by atoms with Crippen molar-refractivity contribution in [3.05, 3.63) is 23.8 Å². The van der Waals surface area contributed by atoms with Crippen LogP contribution in [0, 0.1) is 23.0 Å². The lowest BCUT2D eigenvalue weighted by Gasteiger charge is -2.25. The maximum absolute atomic E-state index is 13.3. The average molecular weight is 237 g/mol. The first-order valence-electron chi connectivity index (χ1n) is 5.51. The van der Waals surface area contributed by atoms with Gasteiger partial charge in [-0.05, 0) is 18.9 Å². The van der Waals surface area contributed by atoms with Gasteiger partial charge in [-0.2, -0.15) is 5.26 Å². The number of nitriles is 1. The smallest absolute Gasteiger partial charge is 0.151 e. The first-order chi connectivity index (χ1) is 8.13. The molecule has 0 atom stereocenters. The number of hydrogen-bond donors (Lipinski definition) is 1. The molecule has 0 radical (unpaired) electrons. The largest absolute Gasteiger partial charge is 0.395 e. The van der Waals surface area contributed by atoms with E-state index in [1.165, 1.54) is 6.07 Å². The summed E-state index contributed by atoms with van der Waals surface area (Å²) < 4.78 is 26.5. The van der Waals surface area contributed by atoms with Crippen LogP contribution in [0.15, 0.2) is 12.1 Å².